The van der Waals surface area contributed by atoms with Crippen LogP contribution in [-0.2, 0) is 22.4 Å². The molecule has 0 amide bonds. The maximum Gasteiger partial charge on any atom is 0.118 e. The molecule has 0 N–H and O–H groups in total. The van der Waals surface area contributed by atoms with E-state index in [1.807, 2.05) is 19.1 Å². The first-order valence-electron chi connectivity index (χ1n) is 7.32. The van der Waals surface area contributed by atoms with Gasteiger partial charge in [-0.2, -0.15) is 0 Å². The Morgan fingerprint density at radius 2 is 1.95 bits per heavy atom. The minimum Gasteiger partial charge on any atom is -0.498 e. The lowest BCUT2D eigenvalue weighted by atomic mass is 10.2. The standard InChI is InChI=1S/C16H25NO3/c1-5-18-12(2)8-15-6-7-16(20-15)11-17-9-13(3)19-14(4)10-17/h6-7,13-14H,2,5,8-11H2,1,3-4H3. The summed E-state index contributed by atoms with van der Waals surface area (Å²) in [5.41, 5.74) is 0. The first kappa shape index (κ1) is 15.1. The summed E-state index contributed by atoms with van der Waals surface area (Å²) in [6, 6.07) is 4.05. The average molecular weight is 279 g/mol. The number of furan rings is 1. The highest BCUT2D eigenvalue weighted by molar-refractivity contribution is 5.11. The van der Waals surface area contributed by atoms with E-state index in [9.17, 15) is 0 Å². The Labute approximate surface area is 121 Å². The third-order valence-electron chi connectivity index (χ3n) is 3.31. The first-order valence-corrected chi connectivity index (χ1v) is 7.32. The SMILES string of the molecule is C=C(Cc1ccc(CN2CC(C)OC(C)C2)o1)OCC. The highest BCUT2D eigenvalue weighted by Gasteiger charge is 2.22. The van der Waals surface area contributed by atoms with Gasteiger partial charge in [0.25, 0.3) is 0 Å². The molecule has 1 aromatic heterocycles. The van der Waals surface area contributed by atoms with E-state index in [1.165, 1.54) is 0 Å². The van der Waals surface area contributed by atoms with E-state index in [2.05, 4.69) is 25.3 Å². The van der Waals surface area contributed by atoms with Crippen LogP contribution < -0.4 is 0 Å². The van der Waals surface area contributed by atoms with Gasteiger partial charge in [-0.1, -0.05) is 6.58 Å². The number of hydrogen-bond donors (Lipinski definition) is 0. The van der Waals surface area contributed by atoms with Crippen LogP contribution in [0.2, 0.25) is 0 Å². The van der Waals surface area contributed by atoms with Crippen LogP contribution in [0.15, 0.2) is 28.9 Å². The molecule has 0 radical (unpaired) electrons. The van der Waals surface area contributed by atoms with E-state index in [0.29, 0.717) is 13.0 Å². The number of morpholine rings is 1. The highest BCUT2D eigenvalue weighted by atomic mass is 16.5. The molecule has 112 valence electrons. The van der Waals surface area contributed by atoms with Crippen molar-refractivity contribution < 1.29 is 13.9 Å². The molecule has 1 aliphatic rings. The van der Waals surface area contributed by atoms with E-state index in [4.69, 9.17) is 13.9 Å². The first-order chi connectivity index (χ1) is 9.56. The molecule has 0 spiro atoms. The summed E-state index contributed by atoms with van der Waals surface area (Å²) in [6.07, 6.45) is 1.21. The number of nitrogens with zero attached hydrogens (tertiary/aromatic N) is 1. The maximum absolute atomic E-state index is 5.85. The van der Waals surface area contributed by atoms with Crippen molar-refractivity contribution in [3.63, 3.8) is 0 Å². The van der Waals surface area contributed by atoms with Gasteiger partial charge in [0.2, 0.25) is 0 Å². The third-order valence-corrected chi connectivity index (χ3v) is 3.31. The number of rotatable bonds is 6. The molecule has 1 saturated heterocycles. The van der Waals surface area contributed by atoms with E-state index >= 15 is 0 Å². The molecule has 1 fully saturated rings. The molecule has 1 aromatic rings. The minimum atomic E-state index is 0.283. The van der Waals surface area contributed by atoms with E-state index in [1.54, 1.807) is 0 Å². The van der Waals surface area contributed by atoms with Crippen molar-refractivity contribution in [2.45, 2.75) is 45.9 Å². The van der Waals surface area contributed by atoms with Crippen LogP contribution in [0, 0.1) is 0 Å². The number of hydrogen-bond acceptors (Lipinski definition) is 4. The Bertz CT molecular complexity index is 431. The van der Waals surface area contributed by atoms with Crippen molar-refractivity contribution >= 4 is 0 Å². The summed E-state index contributed by atoms with van der Waals surface area (Å²) in [7, 11) is 0. The summed E-state index contributed by atoms with van der Waals surface area (Å²) in [5, 5.41) is 0. The minimum absolute atomic E-state index is 0.283. The van der Waals surface area contributed by atoms with Crippen LogP contribution in [0.3, 0.4) is 0 Å². The summed E-state index contributed by atoms with van der Waals surface area (Å²) in [4.78, 5) is 2.37. The van der Waals surface area contributed by atoms with Crippen molar-refractivity contribution in [1.82, 2.24) is 4.90 Å². The molecule has 2 atom stereocenters. The van der Waals surface area contributed by atoms with Gasteiger partial charge in [-0.15, -0.1) is 0 Å². The molecular weight excluding hydrogens is 254 g/mol. The molecule has 0 aliphatic carbocycles. The van der Waals surface area contributed by atoms with Crippen LogP contribution >= 0.6 is 0 Å². The van der Waals surface area contributed by atoms with Gasteiger partial charge in [-0.3, -0.25) is 4.90 Å². The van der Waals surface area contributed by atoms with Gasteiger partial charge in [0.05, 0.1) is 37.5 Å². The van der Waals surface area contributed by atoms with Crippen molar-refractivity contribution in [2.75, 3.05) is 19.7 Å². The smallest absolute Gasteiger partial charge is 0.118 e. The van der Waals surface area contributed by atoms with Gasteiger partial charge < -0.3 is 13.9 Å². The molecule has 2 rings (SSSR count). The van der Waals surface area contributed by atoms with E-state index < -0.39 is 0 Å². The summed E-state index contributed by atoms with van der Waals surface area (Å²) in [6.45, 7) is 13.4. The molecule has 2 unspecified atom stereocenters. The van der Waals surface area contributed by atoms with Crippen molar-refractivity contribution in [2.24, 2.45) is 0 Å². The zero-order valence-electron chi connectivity index (χ0n) is 12.7. The quantitative estimate of drug-likeness (QED) is 0.750. The predicted octanol–water partition coefficient (Wildman–Crippen LogP) is 2.98. The van der Waals surface area contributed by atoms with Crippen LogP contribution in [0.25, 0.3) is 0 Å². The van der Waals surface area contributed by atoms with Crippen LogP contribution in [0.1, 0.15) is 32.3 Å². The molecule has 4 nitrogen and oxygen atoms in total. The molecule has 1 aliphatic heterocycles. The van der Waals surface area contributed by atoms with E-state index in [0.717, 1.165) is 36.9 Å². The predicted molar refractivity (Wildman–Crippen MR) is 78.5 cm³/mol. The molecular formula is C16H25NO3. The zero-order chi connectivity index (χ0) is 14.5. The fourth-order valence-electron chi connectivity index (χ4n) is 2.69. The van der Waals surface area contributed by atoms with Crippen LogP contribution in [0.4, 0.5) is 0 Å². The van der Waals surface area contributed by atoms with Gasteiger partial charge in [0.15, 0.2) is 0 Å². The monoisotopic (exact) mass is 279 g/mol. The van der Waals surface area contributed by atoms with Crippen molar-refractivity contribution in [3.8, 4) is 0 Å². The van der Waals surface area contributed by atoms with Gasteiger partial charge in [-0.05, 0) is 32.9 Å². The Kier molecular flexibility index (Phi) is 5.26. The van der Waals surface area contributed by atoms with Crippen molar-refractivity contribution in [3.05, 3.63) is 36.0 Å². The topological polar surface area (TPSA) is 34.8 Å². The van der Waals surface area contributed by atoms with Crippen LogP contribution in [0.5, 0.6) is 0 Å². The van der Waals surface area contributed by atoms with Gasteiger partial charge in [0, 0.05) is 13.1 Å². The summed E-state index contributed by atoms with van der Waals surface area (Å²) >= 11 is 0. The molecule has 0 saturated carbocycles. The van der Waals surface area contributed by atoms with Crippen LogP contribution in [-0.4, -0.2) is 36.8 Å². The van der Waals surface area contributed by atoms with Crippen molar-refractivity contribution in [1.29, 1.82) is 0 Å². The Morgan fingerprint density at radius 1 is 1.30 bits per heavy atom. The number of allylic oxidation sites excluding steroid dienone is 1. The Balaban J connectivity index is 1.87. The Hall–Kier alpha value is -1.26. The van der Waals surface area contributed by atoms with Gasteiger partial charge in [0.1, 0.15) is 11.5 Å². The second-order valence-corrected chi connectivity index (χ2v) is 5.47. The largest absolute Gasteiger partial charge is 0.498 e. The zero-order valence-corrected chi connectivity index (χ0v) is 12.7. The second-order valence-electron chi connectivity index (χ2n) is 5.47. The highest BCUT2D eigenvalue weighted by Crippen LogP contribution is 2.17. The lowest BCUT2D eigenvalue weighted by Crippen LogP contribution is -2.44. The lowest BCUT2D eigenvalue weighted by Gasteiger charge is -2.34. The van der Waals surface area contributed by atoms with E-state index in [-0.39, 0.29) is 12.2 Å². The van der Waals surface area contributed by atoms with Gasteiger partial charge >= 0.3 is 0 Å². The molecule has 4 heteroatoms. The van der Waals surface area contributed by atoms with Gasteiger partial charge in [-0.25, -0.2) is 0 Å². The second kappa shape index (κ2) is 6.95. The molecule has 2 heterocycles. The fourth-order valence-corrected chi connectivity index (χ4v) is 2.69. The fraction of sp³-hybridized carbons (Fsp3) is 0.625. The summed E-state index contributed by atoms with van der Waals surface area (Å²) < 4.78 is 16.9. The lowest BCUT2D eigenvalue weighted by molar-refractivity contribution is -0.0718. The number of ether oxygens (including phenoxy) is 2. The maximum atomic E-state index is 5.85. The normalized spacial score (nSPS) is 23.8. The average Bonchev–Trinajstić information content (AvgIpc) is 2.75. The molecule has 20 heavy (non-hydrogen) atoms. The molecule has 0 aromatic carbocycles. The Morgan fingerprint density at radius 3 is 2.60 bits per heavy atom. The summed E-state index contributed by atoms with van der Waals surface area (Å²) in [5.74, 6) is 2.65. The molecule has 0 bridgehead atoms. The third kappa shape index (κ3) is 4.39.